The molecule has 0 aliphatic heterocycles. The second kappa shape index (κ2) is 6.86. The van der Waals surface area contributed by atoms with E-state index in [1.165, 1.54) is 11.1 Å². The Hall–Kier alpha value is -0.530. The quantitative estimate of drug-likeness (QED) is 0.564. The number of hydrogen-bond donors (Lipinski definition) is 1. The van der Waals surface area contributed by atoms with Crippen LogP contribution in [0.15, 0.2) is 24.3 Å². The zero-order valence-electron chi connectivity index (χ0n) is 8.72. The highest BCUT2D eigenvalue weighted by molar-refractivity contribution is 6.17. The van der Waals surface area contributed by atoms with Crippen LogP contribution >= 0.6 is 11.6 Å². The van der Waals surface area contributed by atoms with Gasteiger partial charge in [-0.3, -0.25) is 0 Å². The van der Waals surface area contributed by atoms with Crippen LogP contribution in [0.2, 0.25) is 0 Å². The van der Waals surface area contributed by atoms with Gasteiger partial charge < -0.3 is 5.32 Å². The SMILES string of the molecule is CCc1ccc(CNCCCCl)cc1. The van der Waals surface area contributed by atoms with Crippen molar-refractivity contribution in [2.45, 2.75) is 26.3 Å². The molecule has 0 bridgehead atoms. The van der Waals surface area contributed by atoms with Crippen molar-refractivity contribution in [1.29, 1.82) is 0 Å². The van der Waals surface area contributed by atoms with Crippen LogP contribution in [0.3, 0.4) is 0 Å². The lowest BCUT2D eigenvalue weighted by Gasteiger charge is -2.04. The van der Waals surface area contributed by atoms with Gasteiger partial charge in [-0.25, -0.2) is 0 Å². The molecule has 0 fully saturated rings. The average molecular weight is 212 g/mol. The maximum Gasteiger partial charge on any atom is 0.0235 e. The standard InChI is InChI=1S/C12H18ClN/c1-2-11-4-6-12(7-5-11)10-14-9-3-8-13/h4-7,14H,2-3,8-10H2,1H3. The van der Waals surface area contributed by atoms with Crippen molar-refractivity contribution < 1.29 is 0 Å². The van der Waals surface area contributed by atoms with Crippen LogP contribution in [0.1, 0.15) is 24.5 Å². The maximum absolute atomic E-state index is 5.58. The highest BCUT2D eigenvalue weighted by Gasteiger charge is 1.92. The molecule has 0 spiro atoms. The topological polar surface area (TPSA) is 12.0 Å². The smallest absolute Gasteiger partial charge is 0.0235 e. The Morgan fingerprint density at radius 2 is 1.79 bits per heavy atom. The molecular formula is C12H18ClN. The number of rotatable bonds is 6. The first-order valence-electron chi connectivity index (χ1n) is 5.21. The van der Waals surface area contributed by atoms with E-state index >= 15 is 0 Å². The number of nitrogens with one attached hydrogen (secondary N) is 1. The number of alkyl halides is 1. The van der Waals surface area contributed by atoms with Crippen LogP contribution in [0.5, 0.6) is 0 Å². The van der Waals surface area contributed by atoms with E-state index in [1.807, 2.05) is 0 Å². The summed E-state index contributed by atoms with van der Waals surface area (Å²) in [7, 11) is 0. The van der Waals surface area contributed by atoms with E-state index in [1.54, 1.807) is 0 Å². The summed E-state index contributed by atoms with van der Waals surface area (Å²) in [5, 5.41) is 3.36. The fourth-order valence-electron chi connectivity index (χ4n) is 1.32. The van der Waals surface area contributed by atoms with E-state index in [-0.39, 0.29) is 0 Å². The van der Waals surface area contributed by atoms with Gasteiger partial charge in [-0.1, -0.05) is 31.2 Å². The largest absolute Gasteiger partial charge is 0.313 e. The first kappa shape index (κ1) is 11.5. The number of benzene rings is 1. The highest BCUT2D eigenvalue weighted by atomic mass is 35.5. The van der Waals surface area contributed by atoms with Gasteiger partial charge in [0.25, 0.3) is 0 Å². The summed E-state index contributed by atoms with van der Waals surface area (Å²) in [6.45, 7) is 4.12. The predicted octanol–water partition coefficient (Wildman–Crippen LogP) is 2.97. The minimum Gasteiger partial charge on any atom is -0.313 e. The lowest BCUT2D eigenvalue weighted by Crippen LogP contribution is -2.14. The molecular weight excluding hydrogens is 194 g/mol. The van der Waals surface area contributed by atoms with Gasteiger partial charge in [-0.15, -0.1) is 11.6 Å². The third-order valence-corrected chi connectivity index (χ3v) is 2.51. The summed E-state index contributed by atoms with van der Waals surface area (Å²) in [4.78, 5) is 0. The molecule has 0 saturated heterocycles. The summed E-state index contributed by atoms with van der Waals surface area (Å²) < 4.78 is 0. The van der Waals surface area contributed by atoms with Crippen LogP contribution in [0.4, 0.5) is 0 Å². The van der Waals surface area contributed by atoms with Gasteiger partial charge in [-0.05, 0) is 30.5 Å². The second-order valence-electron chi connectivity index (χ2n) is 3.39. The summed E-state index contributed by atoms with van der Waals surface area (Å²) in [6, 6.07) is 8.76. The molecule has 0 aliphatic rings. The Bertz CT molecular complexity index is 243. The maximum atomic E-state index is 5.58. The van der Waals surface area contributed by atoms with Gasteiger partial charge in [0, 0.05) is 12.4 Å². The Morgan fingerprint density at radius 3 is 2.36 bits per heavy atom. The summed E-state index contributed by atoms with van der Waals surface area (Å²) in [5.41, 5.74) is 2.74. The molecule has 0 radical (unpaired) electrons. The molecule has 2 heteroatoms. The van der Waals surface area contributed by atoms with Crippen LogP contribution in [-0.2, 0) is 13.0 Å². The molecule has 0 heterocycles. The van der Waals surface area contributed by atoms with E-state index in [9.17, 15) is 0 Å². The van der Waals surface area contributed by atoms with E-state index in [2.05, 4.69) is 36.5 Å². The zero-order valence-corrected chi connectivity index (χ0v) is 9.48. The van der Waals surface area contributed by atoms with Gasteiger partial charge in [0.15, 0.2) is 0 Å². The van der Waals surface area contributed by atoms with Gasteiger partial charge in [0.2, 0.25) is 0 Å². The molecule has 0 saturated carbocycles. The molecule has 0 unspecified atom stereocenters. The monoisotopic (exact) mass is 211 g/mol. The molecule has 1 rings (SSSR count). The molecule has 1 N–H and O–H groups in total. The summed E-state index contributed by atoms with van der Waals surface area (Å²) in [5.74, 6) is 0.738. The first-order valence-corrected chi connectivity index (χ1v) is 5.74. The first-order chi connectivity index (χ1) is 6.86. The van der Waals surface area contributed by atoms with Gasteiger partial charge in [0.1, 0.15) is 0 Å². The molecule has 0 aliphatic carbocycles. The number of halogens is 1. The molecule has 14 heavy (non-hydrogen) atoms. The molecule has 1 aromatic carbocycles. The van der Waals surface area contributed by atoms with Crippen LogP contribution in [-0.4, -0.2) is 12.4 Å². The Balaban J connectivity index is 2.29. The minimum absolute atomic E-state index is 0.738. The molecule has 0 amide bonds. The van der Waals surface area contributed by atoms with E-state index in [0.29, 0.717) is 0 Å². The van der Waals surface area contributed by atoms with E-state index in [4.69, 9.17) is 11.6 Å². The van der Waals surface area contributed by atoms with Crippen molar-refractivity contribution in [2.75, 3.05) is 12.4 Å². The zero-order chi connectivity index (χ0) is 10.2. The third kappa shape index (κ3) is 4.12. The van der Waals surface area contributed by atoms with Gasteiger partial charge in [-0.2, -0.15) is 0 Å². The molecule has 1 aromatic rings. The third-order valence-electron chi connectivity index (χ3n) is 2.25. The molecule has 1 nitrogen and oxygen atoms in total. The molecule has 0 aromatic heterocycles. The Labute approximate surface area is 91.5 Å². The van der Waals surface area contributed by atoms with Crippen molar-refractivity contribution in [3.63, 3.8) is 0 Å². The minimum atomic E-state index is 0.738. The van der Waals surface area contributed by atoms with Crippen molar-refractivity contribution in [3.05, 3.63) is 35.4 Å². The van der Waals surface area contributed by atoms with Crippen molar-refractivity contribution >= 4 is 11.6 Å². The fourth-order valence-corrected chi connectivity index (χ4v) is 1.45. The number of aryl methyl sites for hydroxylation is 1. The highest BCUT2D eigenvalue weighted by Crippen LogP contribution is 2.04. The van der Waals surface area contributed by atoms with Crippen LogP contribution < -0.4 is 5.32 Å². The van der Waals surface area contributed by atoms with E-state index < -0.39 is 0 Å². The fraction of sp³-hybridized carbons (Fsp3) is 0.500. The Kier molecular flexibility index (Phi) is 5.65. The lowest BCUT2D eigenvalue weighted by atomic mass is 10.1. The summed E-state index contributed by atoms with van der Waals surface area (Å²) >= 11 is 5.58. The lowest BCUT2D eigenvalue weighted by molar-refractivity contribution is 0.677. The molecule has 0 atom stereocenters. The second-order valence-corrected chi connectivity index (χ2v) is 3.77. The van der Waals surface area contributed by atoms with Gasteiger partial charge >= 0.3 is 0 Å². The Morgan fingerprint density at radius 1 is 1.14 bits per heavy atom. The van der Waals surface area contributed by atoms with Crippen LogP contribution in [0, 0.1) is 0 Å². The van der Waals surface area contributed by atoms with Crippen molar-refractivity contribution in [2.24, 2.45) is 0 Å². The normalized spacial score (nSPS) is 10.4. The predicted molar refractivity (Wildman–Crippen MR) is 62.9 cm³/mol. The van der Waals surface area contributed by atoms with Crippen molar-refractivity contribution in [3.8, 4) is 0 Å². The number of hydrogen-bond acceptors (Lipinski definition) is 1. The van der Waals surface area contributed by atoms with Crippen LogP contribution in [0.25, 0.3) is 0 Å². The summed E-state index contributed by atoms with van der Waals surface area (Å²) in [6.07, 6.45) is 2.15. The van der Waals surface area contributed by atoms with Crippen molar-refractivity contribution in [1.82, 2.24) is 5.32 Å². The molecule has 78 valence electrons. The van der Waals surface area contributed by atoms with E-state index in [0.717, 1.165) is 31.8 Å². The van der Waals surface area contributed by atoms with Gasteiger partial charge in [0.05, 0.1) is 0 Å². The average Bonchev–Trinajstić information content (AvgIpc) is 2.25.